The minimum atomic E-state index is -3.35. The van der Waals surface area contributed by atoms with Crippen molar-refractivity contribution in [2.45, 2.75) is 31.1 Å². The highest BCUT2D eigenvalue weighted by Gasteiger charge is 2.30. The molecule has 5 heteroatoms. The van der Waals surface area contributed by atoms with Crippen LogP contribution in [0.4, 0.5) is 0 Å². The molecule has 0 aliphatic carbocycles. The van der Waals surface area contributed by atoms with Crippen LogP contribution in [0.15, 0.2) is 34.5 Å². The maximum Gasteiger partial charge on any atom is 0.244 e. The fourth-order valence-electron chi connectivity index (χ4n) is 2.87. The second-order valence-electron chi connectivity index (χ2n) is 5.35. The van der Waals surface area contributed by atoms with E-state index in [0.29, 0.717) is 23.9 Å². The number of hydrogen-bond acceptors (Lipinski definition) is 3. The molecule has 1 saturated heterocycles. The van der Waals surface area contributed by atoms with E-state index in [0.717, 1.165) is 29.3 Å². The maximum absolute atomic E-state index is 12.8. The Morgan fingerprint density at radius 1 is 1.25 bits per heavy atom. The summed E-state index contributed by atoms with van der Waals surface area (Å²) in [6.07, 6.45) is 3.11. The van der Waals surface area contributed by atoms with Crippen molar-refractivity contribution in [1.29, 1.82) is 0 Å². The number of thiophene rings is 1. The molecule has 2 heterocycles. The van der Waals surface area contributed by atoms with E-state index in [4.69, 9.17) is 0 Å². The Kier molecular flexibility index (Phi) is 3.84. The summed E-state index contributed by atoms with van der Waals surface area (Å²) >= 11 is 1.50. The van der Waals surface area contributed by atoms with E-state index in [2.05, 4.69) is 6.92 Å². The molecule has 1 fully saturated rings. The number of fused-ring (bicyclic) bond motifs is 1. The third-order valence-corrected chi connectivity index (χ3v) is 7.25. The van der Waals surface area contributed by atoms with Gasteiger partial charge in [0.1, 0.15) is 0 Å². The molecule has 108 valence electrons. The van der Waals surface area contributed by atoms with Crippen LogP contribution in [0.25, 0.3) is 10.1 Å². The van der Waals surface area contributed by atoms with Crippen LogP contribution in [0.5, 0.6) is 0 Å². The molecular weight excluding hydrogens is 290 g/mol. The average molecular weight is 309 g/mol. The van der Waals surface area contributed by atoms with Crippen LogP contribution in [-0.2, 0) is 10.0 Å². The zero-order valence-corrected chi connectivity index (χ0v) is 13.2. The Bertz CT molecular complexity index is 697. The lowest BCUT2D eigenvalue weighted by Gasteiger charge is -2.30. The number of piperidine rings is 1. The molecule has 0 amide bonds. The summed E-state index contributed by atoms with van der Waals surface area (Å²) in [5, 5.41) is 2.96. The lowest BCUT2D eigenvalue weighted by atomic mass is 9.96. The Labute approximate surface area is 124 Å². The van der Waals surface area contributed by atoms with Crippen LogP contribution >= 0.6 is 11.3 Å². The van der Waals surface area contributed by atoms with Crippen molar-refractivity contribution in [3.63, 3.8) is 0 Å². The zero-order valence-electron chi connectivity index (χ0n) is 11.6. The minimum Gasteiger partial charge on any atom is -0.207 e. The van der Waals surface area contributed by atoms with Gasteiger partial charge >= 0.3 is 0 Å². The molecule has 1 aliphatic heterocycles. The summed E-state index contributed by atoms with van der Waals surface area (Å²) in [6, 6.07) is 7.51. The monoisotopic (exact) mass is 309 g/mol. The van der Waals surface area contributed by atoms with E-state index in [1.807, 2.05) is 23.6 Å². The molecule has 20 heavy (non-hydrogen) atoms. The predicted octanol–water partition coefficient (Wildman–Crippen LogP) is 3.71. The third kappa shape index (κ3) is 2.38. The fourth-order valence-corrected chi connectivity index (χ4v) is 5.71. The molecule has 1 aliphatic rings. The van der Waals surface area contributed by atoms with Crippen molar-refractivity contribution >= 4 is 31.4 Å². The first-order valence-corrected chi connectivity index (χ1v) is 9.41. The van der Waals surface area contributed by atoms with Crippen LogP contribution < -0.4 is 0 Å². The molecule has 2 aromatic rings. The van der Waals surface area contributed by atoms with Crippen molar-refractivity contribution < 1.29 is 8.42 Å². The average Bonchev–Trinajstić information content (AvgIpc) is 2.95. The van der Waals surface area contributed by atoms with Crippen molar-refractivity contribution in [3.05, 3.63) is 29.6 Å². The topological polar surface area (TPSA) is 37.4 Å². The summed E-state index contributed by atoms with van der Waals surface area (Å²) in [4.78, 5) is 0.472. The molecule has 0 saturated carbocycles. The van der Waals surface area contributed by atoms with Gasteiger partial charge in [-0.25, -0.2) is 8.42 Å². The predicted molar refractivity (Wildman–Crippen MR) is 83.6 cm³/mol. The van der Waals surface area contributed by atoms with Crippen molar-refractivity contribution in [1.82, 2.24) is 4.31 Å². The SMILES string of the molecule is CCC1CCN(S(=O)(=O)c2cccc3ccsc23)CC1. The van der Waals surface area contributed by atoms with Gasteiger partial charge in [-0.05, 0) is 41.7 Å². The molecule has 0 N–H and O–H groups in total. The smallest absolute Gasteiger partial charge is 0.207 e. The maximum atomic E-state index is 12.8. The molecule has 3 nitrogen and oxygen atoms in total. The second kappa shape index (κ2) is 5.47. The van der Waals surface area contributed by atoms with Gasteiger partial charge in [0.15, 0.2) is 0 Å². The minimum absolute atomic E-state index is 0.472. The van der Waals surface area contributed by atoms with Crippen molar-refractivity contribution in [3.8, 4) is 0 Å². The first-order chi connectivity index (χ1) is 9.63. The Balaban J connectivity index is 1.94. The zero-order chi connectivity index (χ0) is 14.2. The lowest BCUT2D eigenvalue weighted by molar-refractivity contribution is 0.269. The van der Waals surface area contributed by atoms with Gasteiger partial charge in [-0.1, -0.05) is 25.5 Å². The molecular formula is C15H19NO2S2. The van der Waals surface area contributed by atoms with E-state index in [-0.39, 0.29) is 0 Å². The molecule has 0 spiro atoms. The molecule has 3 rings (SSSR count). The van der Waals surface area contributed by atoms with E-state index in [1.54, 1.807) is 10.4 Å². The van der Waals surface area contributed by atoms with Crippen LogP contribution in [-0.4, -0.2) is 25.8 Å². The molecule has 1 aromatic carbocycles. The van der Waals surface area contributed by atoms with Gasteiger partial charge in [0, 0.05) is 13.1 Å². The van der Waals surface area contributed by atoms with E-state index < -0.39 is 10.0 Å². The van der Waals surface area contributed by atoms with Gasteiger partial charge in [-0.15, -0.1) is 11.3 Å². The lowest BCUT2D eigenvalue weighted by Crippen LogP contribution is -2.38. The van der Waals surface area contributed by atoms with Gasteiger partial charge in [0.2, 0.25) is 10.0 Å². The van der Waals surface area contributed by atoms with Gasteiger partial charge in [-0.2, -0.15) is 4.31 Å². The highest BCUT2D eigenvalue weighted by Crippen LogP contribution is 2.32. The highest BCUT2D eigenvalue weighted by molar-refractivity contribution is 7.89. The quantitative estimate of drug-likeness (QED) is 0.866. The first-order valence-electron chi connectivity index (χ1n) is 7.09. The van der Waals surface area contributed by atoms with Crippen molar-refractivity contribution in [2.75, 3.05) is 13.1 Å². The normalized spacial score (nSPS) is 18.6. The van der Waals surface area contributed by atoms with Crippen LogP contribution in [0.1, 0.15) is 26.2 Å². The number of nitrogens with zero attached hydrogens (tertiary/aromatic N) is 1. The Morgan fingerprint density at radius 2 is 2.00 bits per heavy atom. The van der Waals surface area contributed by atoms with E-state index in [9.17, 15) is 8.42 Å². The summed E-state index contributed by atoms with van der Waals surface area (Å²) in [5.41, 5.74) is 0. The molecule has 0 bridgehead atoms. The number of sulfonamides is 1. The number of benzene rings is 1. The van der Waals surface area contributed by atoms with E-state index in [1.165, 1.54) is 11.3 Å². The summed E-state index contributed by atoms with van der Waals surface area (Å²) in [7, 11) is -3.35. The summed E-state index contributed by atoms with van der Waals surface area (Å²) in [6.45, 7) is 3.49. The number of rotatable bonds is 3. The number of hydrogen-bond donors (Lipinski definition) is 0. The third-order valence-electron chi connectivity index (χ3n) is 4.21. The van der Waals surface area contributed by atoms with Crippen molar-refractivity contribution in [2.24, 2.45) is 5.92 Å². The standard InChI is InChI=1S/C15H19NO2S2/c1-2-12-6-9-16(10-7-12)20(17,18)14-5-3-4-13-8-11-19-15(13)14/h3-5,8,11-12H,2,6-7,9-10H2,1H3. The van der Waals surface area contributed by atoms with Gasteiger partial charge in [-0.3, -0.25) is 0 Å². The summed E-state index contributed by atoms with van der Waals surface area (Å²) < 4.78 is 28.2. The fraction of sp³-hybridized carbons (Fsp3) is 0.467. The molecule has 0 unspecified atom stereocenters. The molecule has 1 aromatic heterocycles. The molecule has 0 radical (unpaired) electrons. The van der Waals surface area contributed by atoms with E-state index >= 15 is 0 Å². The van der Waals surface area contributed by atoms with Gasteiger partial charge < -0.3 is 0 Å². The van der Waals surface area contributed by atoms with Gasteiger partial charge in [0.05, 0.1) is 9.60 Å². The first kappa shape index (κ1) is 14.0. The van der Waals surface area contributed by atoms with Gasteiger partial charge in [0.25, 0.3) is 0 Å². The Morgan fingerprint density at radius 3 is 2.70 bits per heavy atom. The highest BCUT2D eigenvalue weighted by atomic mass is 32.2. The summed E-state index contributed by atoms with van der Waals surface area (Å²) in [5.74, 6) is 0.680. The Hall–Kier alpha value is -0.910. The molecule has 0 atom stereocenters. The van der Waals surface area contributed by atoms with Crippen LogP contribution in [0.3, 0.4) is 0 Å². The van der Waals surface area contributed by atoms with Crippen LogP contribution in [0.2, 0.25) is 0 Å². The van der Waals surface area contributed by atoms with Crippen LogP contribution in [0, 0.1) is 5.92 Å². The largest absolute Gasteiger partial charge is 0.244 e. The second-order valence-corrected chi connectivity index (χ2v) is 8.17.